The molecule has 0 N–H and O–H groups in total. The normalized spacial score (nSPS) is 12.8. The summed E-state index contributed by atoms with van der Waals surface area (Å²) in [6.07, 6.45) is 0.992. The Bertz CT molecular complexity index is 361. The van der Waals surface area contributed by atoms with Gasteiger partial charge in [-0.15, -0.1) is 0 Å². The molecule has 110 valence electrons. The van der Waals surface area contributed by atoms with Crippen molar-refractivity contribution in [3.8, 4) is 0 Å². The van der Waals surface area contributed by atoms with E-state index < -0.39 is 20.8 Å². The van der Waals surface area contributed by atoms with Crippen molar-refractivity contribution in [3.05, 3.63) is 0 Å². The molecular formula is C6H14O8S4. The Hall–Kier alpha value is 0.440. The predicted octanol–water partition coefficient (Wildman–Crippen LogP) is 1.57. The molecule has 0 rings (SSSR count). The SMILES string of the molecule is CCCOS(=O)(=O)OSSOS(=O)(=O)OCCC. The second-order valence-electron chi connectivity index (χ2n) is 2.73. The Morgan fingerprint density at radius 1 is 0.778 bits per heavy atom. The van der Waals surface area contributed by atoms with Crippen LogP contribution in [0.2, 0.25) is 0 Å². The van der Waals surface area contributed by atoms with Gasteiger partial charge in [0.2, 0.25) is 0 Å². The van der Waals surface area contributed by atoms with Crippen molar-refractivity contribution in [2.24, 2.45) is 0 Å². The van der Waals surface area contributed by atoms with Crippen molar-refractivity contribution in [3.63, 3.8) is 0 Å². The zero-order valence-corrected chi connectivity index (χ0v) is 13.0. The summed E-state index contributed by atoms with van der Waals surface area (Å²) in [5.74, 6) is 0. The molecule has 0 amide bonds. The third-order valence-electron chi connectivity index (χ3n) is 1.11. The molecule has 0 aromatic rings. The van der Waals surface area contributed by atoms with Crippen LogP contribution in [-0.4, -0.2) is 30.0 Å². The van der Waals surface area contributed by atoms with Crippen LogP contribution in [0, 0.1) is 0 Å². The second kappa shape index (κ2) is 9.36. The molecule has 0 saturated carbocycles. The van der Waals surface area contributed by atoms with Gasteiger partial charge in [0, 0.05) is 0 Å². The average molecular weight is 342 g/mol. The van der Waals surface area contributed by atoms with E-state index in [0.29, 0.717) is 12.8 Å². The third kappa shape index (κ3) is 10.4. The van der Waals surface area contributed by atoms with Gasteiger partial charge in [0.05, 0.1) is 13.2 Å². The van der Waals surface area contributed by atoms with E-state index >= 15 is 0 Å². The minimum absolute atomic E-state index is 0.0215. The van der Waals surface area contributed by atoms with Crippen LogP contribution in [-0.2, 0) is 36.4 Å². The smallest absolute Gasteiger partial charge is 0.247 e. The lowest BCUT2D eigenvalue weighted by atomic mass is 10.5. The lowest BCUT2D eigenvalue weighted by Gasteiger charge is -2.03. The maximum atomic E-state index is 11.0. The van der Waals surface area contributed by atoms with E-state index in [2.05, 4.69) is 15.6 Å². The van der Waals surface area contributed by atoms with Gasteiger partial charge in [-0.25, -0.2) is 8.37 Å². The summed E-state index contributed by atoms with van der Waals surface area (Å²) in [5.41, 5.74) is 0. The molecule has 0 unspecified atom stereocenters. The van der Waals surface area contributed by atoms with Gasteiger partial charge in [-0.2, -0.15) is 24.1 Å². The van der Waals surface area contributed by atoms with Crippen molar-refractivity contribution in [1.82, 2.24) is 0 Å². The maximum absolute atomic E-state index is 11.0. The van der Waals surface area contributed by atoms with Gasteiger partial charge in [0.15, 0.2) is 0 Å². The van der Waals surface area contributed by atoms with Crippen LogP contribution in [0.3, 0.4) is 0 Å². The summed E-state index contributed by atoms with van der Waals surface area (Å²) in [6.45, 7) is 3.40. The van der Waals surface area contributed by atoms with Crippen LogP contribution >= 0.6 is 22.1 Å². The highest BCUT2D eigenvalue weighted by Gasteiger charge is 2.17. The van der Waals surface area contributed by atoms with Gasteiger partial charge in [0.25, 0.3) is 0 Å². The highest BCUT2D eigenvalue weighted by molar-refractivity contribution is 8.74. The second-order valence-corrected chi connectivity index (χ2v) is 7.01. The van der Waals surface area contributed by atoms with Gasteiger partial charge in [0.1, 0.15) is 22.1 Å². The van der Waals surface area contributed by atoms with Crippen LogP contribution in [0.5, 0.6) is 0 Å². The Morgan fingerprint density at radius 3 is 1.39 bits per heavy atom. The number of hydrogen-bond donors (Lipinski definition) is 0. The molecule has 0 heterocycles. The fraction of sp³-hybridized carbons (Fsp3) is 1.00. The molecule has 0 atom stereocenters. The lowest BCUT2D eigenvalue weighted by molar-refractivity contribution is 0.279. The van der Waals surface area contributed by atoms with Gasteiger partial charge >= 0.3 is 20.8 Å². The van der Waals surface area contributed by atoms with Crippen molar-refractivity contribution >= 4 is 42.9 Å². The first-order chi connectivity index (χ1) is 8.33. The fourth-order valence-corrected chi connectivity index (χ4v) is 3.92. The van der Waals surface area contributed by atoms with Crippen LogP contribution in [0.1, 0.15) is 26.7 Å². The monoisotopic (exact) mass is 342 g/mol. The standard InChI is InChI=1S/C6H14O8S4/c1-3-5-11-17(7,8)13-15-16-14-18(9,10)12-6-4-2/h3-6H2,1-2H3. The molecule has 0 aromatic carbocycles. The topological polar surface area (TPSA) is 105 Å². The molecule has 18 heavy (non-hydrogen) atoms. The van der Waals surface area contributed by atoms with Crippen molar-refractivity contribution in [2.75, 3.05) is 13.2 Å². The van der Waals surface area contributed by atoms with E-state index in [4.69, 9.17) is 0 Å². The van der Waals surface area contributed by atoms with Gasteiger partial charge < -0.3 is 0 Å². The summed E-state index contributed by atoms with van der Waals surface area (Å²) >= 11 is 0.387. The first kappa shape index (κ1) is 18.4. The Kier molecular flexibility index (Phi) is 9.59. The summed E-state index contributed by atoms with van der Waals surface area (Å²) in [6, 6.07) is 0. The molecule has 0 bridgehead atoms. The van der Waals surface area contributed by atoms with E-state index in [1.165, 1.54) is 0 Å². The van der Waals surface area contributed by atoms with E-state index in [1.54, 1.807) is 13.8 Å². The zero-order chi connectivity index (χ0) is 14.1. The van der Waals surface area contributed by atoms with Gasteiger partial charge in [-0.1, -0.05) is 13.8 Å². The van der Waals surface area contributed by atoms with Crippen LogP contribution in [0.25, 0.3) is 0 Å². The van der Waals surface area contributed by atoms with E-state index in [1.807, 2.05) is 0 Å². The Labute approximate surface area is 115 Å². The lowest BCUT2D eigenvalue weighted by Crippen LogP contribution is -2.08. The molecule has 0 aliphatic rings. The fourth-order valence-electron chi connectivity index (χ4n) is 0.501. The molecule has 0 aliphatic heterocycles. The summed E-state index contributed by atoms with van der Waals surface area (Å²) in [4.78, 5) is 0. The molecule has 0 aromatic heterocycles. The molecule has 0 fully saturated rings. The Balaban J connectivity index is 3.86. The third-order valence-corrected chi connectivity index (χ3v) is 5.02. The molecule has 0 aliphatic carbocycles. The Morgan fingerprint density at radius 2 is 1.11 bits per heavy atom. The minimum Gasteiger partial charge on any atom is -0.247 e. The first-order valence-corrected chi connectivity index (χ1v) is 9.49. The molecule has 0 spiro atoms. The van der Waals surface area contributed by atoms with Crippen LogP contribution in [0.4, 0.5) is 0 Å². The summed E-state index contributed by atoms with van der Waals surface area (Å²) in [5, 5.41) is 0. The van der Waals surface area contributed by atoms with Crippen LogP contribution < -0.4 is 0 Å². The van der Waals surface area contributed by atoms with E-state index in [-0.39, 0.29) is 35.4 Å². The molecule has 0 radical (unpaired) electrons. The predicted molar refractivity (Wildman–Crippen MR) is 67.7 cm³/mol. The van der Waals surface area contributed by atoms with Crippen molar-refractivity contribution < 1.29 is 32.5 Å². The van der Waals surface area contributed by atoms with E-state index in [9.17, 15) is 16.8 Å². The minimum atomic E-state index is -4.15. The quantitative estimate of drug-likeness (QED) is 0.312. The van der Waals surface area contributed by atoms with Gasteiger partial charge in [-0.3, -0.25) is 0 Å². The first-order valence-electron chi connectivity index (χ1n) is 4.82. The molecule has 0 saturated heterocycles. The highest BCUT2D eigenvalue weighted by atomic mass is 33.1. The molecule has 8 nitrogen and oxygen atoms in total. The number of hydrogen-bond acceptors (Lipinski definition) is 10. The summed E-state index contributed by atoms with van der Waals surface area (Å²) in [7, 11) is -8.30. The van der Waals surface area contributed by atoms with Gasteiger partial charge in [-0.05, 0) is 12.8 Å². The zero-order valence-electron chi connectivity index (χ0n) is 9.73. The molecular weight excluding hydrogens is 328 g/mol. The average Bonchev–Trinajstić information content (AvgIpc) is 2.30. The number of rotatable bonds is 11. The summed E-state index contributed by atoms with van der Waals surface area (Å²) < 4.78 is 61.0. The van der Waals surface area contributed by atoms with Crippen molar-refractivity contribution in [1.29, 1.82) is 0 Å². The van der Waals surface area contributed by atoms with Crippen LogP contribution in [0.15, 0.2) is 0 Å². The molecule has 12 heteroatoms. The highest BCUT2D eigenvalue weighted by Crippen LogP contribution is 2.28. The van der Waals surface area contributed by atoms with Crippen molar-refractivity contribution in [2.45, 2.75) is 26.7 Å². The largest absolute Gasteiger partial charge is 0.411 e. The van der Waals surface area contributed by atoms with E-state index in [0.717, 1.165) is 0 Å². The maximum Gasteiger partial charge on any atom is 0.411 e.